The summed E-state index contributed by atoms with van der Waals surface area (Å²) in [6.07, 6.45) is -0.489. The van der Waals surface area contributed by atoms with E-state index in [2.05, 4.69) is 36.9 Å². The van der Waals surface area contributed by atoms with Crippen LogP contribution in [0.4, 0.5) is 5.82 Å². The van der Waals surface area contributed by atoms with Gasteiger partial charge in [0.05, 0.1) is 42.2 Å². The molecule has 0 fully saturated rings. The maximum Gasteiger partial charge on any atom is 0.271 e. The maximum atomic E-state index is 14.3. The van der Waals surface area contributed by atoms with E-state index in [4.69, 9.17) is 34.6 Å². The summed E-state index contributed by atoms with van der Waals surface area (Å²) in [6.45, 7) is 6.74. The quantitative estimate of drug-likeness (QED) is 0.0549. The molecule has 0 spiro atoms. The molecule has 0 aliphatic carbocycles. The molecule has 5 atom stereocenters. The largest absolute Gasteiger partial charge is 0.396 e. The van der Waals surface area contributed by atoms with Gasteiger partial charge in [0.15, 0.2) is 0 Å². The second kappa shape index (κ2) is 26.2. The molecule has 8 N–H and O–H groups in total. The summed E-state index contributed by atoms with van der Waals surface area (Å²) in [6, 6.07) is 9.57. The van der Waals surface area contributed by atoms with Gasteiger partial charge in [-0.05, 0) is 43.4 Å². The fourth-order valence-electron chi connectivity index (χ4n) is 8.42. The number of aliphatic hydroxyl groups excluding tert-OH is 2. The summed E-state index contributed by atoms with van der Waals surface area (Å²) >= 11 is 7.25. The number of anilines is 1. The summed E-state index contributed by atoms with van der Waals surface area (Å²) in [7, 11) is 2.95. The average Bonchev–Trinajstić information content (AvgIpc) is 4.56. The molecule has 1 aliphatic rings. The van der Waals surface area contributed by atoms with Crippen LogP contribution in [0.3, 0.4) is 0 Å². The minimum absolute atomic E-state index is 0.00191. The summed E-state index contributed by atoms with van der Waals surface area (Å²) in [4.78, 5) is 117. The van der Waals surface area contributed by atoms with E-state index < -0.39 is 60.3 Å². The number of thiazole rings is 6. The molecule has 81 heavy (non-hydrogen) atoms. The Labute approximate surface area is 488 Å². The van der Waals surface area contributed by atoms with Crippen LogP contribution in [0.25, 0.3) is 43.4 Å². The molecule has 8 heterocycles. The molecular weight excluding hydrogens is 1160 g/mol. The predicted molar refractivity (Wildman–Crippen MR) is 311 cm³/mol. The molecule has 10 bridgehead atoms. The first kappa shape index (κ1) is 58.5. The van der Waals surface area contributed by atoms with Gasteiger partial charge in [-0.15, -0.1) is 68.0 Å². The number of nitrogens with zero attached hydrogens (tertiary/aromatic N) is 7. The normalized spacial score (nSPS) is 16.9. The molecule has 8 aromatic rings. The number of aliphatic hydroxyl groups is 2. The summed E-state index contributed by atoms with van der Waals surface area (Å²) in [5.74, 6) is -3.35. The lowest BCUT2D eigenvalue weighted by Gasteiger charge is -2.23. The lowest BCUT2D eigenvalue weighted by Crippen LogP contribution is -2.40. The van der Waals surface area contributed by atoms with Gasteiger partial charge in [-0.3, -0.25) is 28.8 Å². The van der Waals surface area contributed by atoms with E-state index in [-0.39, 0.29) is 54.5 Å². The molecule has 28 heteroatoms. The second-order valence-electron chi connectivity index (χ2n) is 18.9. The van der Waals surface area contributed by atoms with Crippen LogP contribution < -0.4 is 31.9 Å². The molecule has 0 saturated heterocycles. The molecule has 7 aromatic heterocycles. The first-order valence-corrected chi connectivity index (χ1v) is 30.5. The smallest absolute Gasteiger partial charge is 0.271 e. The molecule has 22 nitrogen and oxygen atoms in total. The van der Waals surface area contributed by atoms with Gasteiger partial charge in [-0.1, -0.05) is 51.1 Å². The highest BCUT2D eigenvalue weighted by Gasteiger charge is 2.33. The second-order valence-corrected chi connectivity index (χ2v) is 24.7. The lowest BCUT2D eigenvalue weighted by molar-refractivity contribution is -0.122. The van der Waals surface area contributed by atoms with Crippen LogP contribution >= 0.6 is 68.0 Å². The average molecular weight is 1210 g/mol. The van der Waals surface area contributed by atoms with Crippen molar-refractivity contribution in [3.05, 3.63) is 111 Å². The number of benzene rings is 1. The Kier molecular flexibility index (Phi) is 18.9. The molecule has 1 unspecified atom stereocenters. The highest BCUT2D eigenvalue weighted by atomic mass is 32.1. The van der Waals surface area contributed by atoms with Crippen LogP contribution in [0.5, 0.6) is 0 Å². The van der Waals surface area contributed by atoms with Crippen LogP contribution in [0, 0.1) is 18.8 Å². The van der Waals surface area contributed by atoms with Gasteiger partial charge in [-0.2, -0.15) is 0 Å². The van der Waals surface area contributed by atoms with E-state index in [1.807, 2.05) is 13.8 Å². The van der Waals surface area contributed by atoms with Crippen molar-refractivity contribution in [1.29, 1.82) is 0 Å². The Balaban J connectivity index is 1.12. The number of nitrogens with one attached hydrogen (secondary N) is 6. The Morgan fingerprint density at radius 3 is 2.19 bits per heavy atom. The Hall–Kier alpha value is -7.15. The minimum atomic E-state index is -1.27. The van der Waals surface area contributed by atoms with Crippen LogP contribution in [0.1, 0.15) is 126 Å². The number of aryl methyl sites for hydroxylation is 1. The third kappa shape index (κ3) is 13.6. The van der Waals surface area contributed by atoms with Crippen molar-refractivity contribution in [2.24, 2.45) is 11.8 Å². The number of amides is 6. The van der Waals surface area contributed by atoms with Crippen LogP contribution in [0.15, 0.2) is 64.0 Å². The Bertz CT molecular complexity index is 3590. The number of hydrogen-bond acceptors (Lipinski definition) is 22. The number of pyridine rings is 1. The molecule has 1 aromatic carbocycles. The fourth-order valence-corrected chi connectivity index (χ4v) is 13.9. The molecule has 0 radical (unpaired) electrons. The predicted octanol–water partition coefficient (Wildman–Crippen LogP) is 7.66. The van der Waals surface area contributed by atoms with Gasteiger partial charge < -0.3 is 46.9 Å². The van der Waals surface area contributed by atoms with Gasteiger partial charge in [0.25, 0.3) is 17.7 Å². The number of methoxy groups -OCH3 is 1. The van der Waals surface area contributed by atoms with E-state index in [1.165, 1.54) is 70.8 Å². The van der Waals surface area contributed by atoms with E-state index in [1.54, 1.807) is 77.8 Å². The van der Waals surface area contributed by atoms with Gasteiger partial charge in [0, 0.05) is 58.6 Å². The number of rotatable bonds is 13. The SMILES string of the molecule is CNC(=O)C[C@@H]1NC(=O)c2csc(n2)-c2ccc(-c3nc(NC(=O)[C@H](C)CCCO)cs3)nc2-c2csc(n2)-c2csc(n2)[C@H]([C@@H](O)c2ccccc2)NC(=O)CNC(=O)c2nc(sc2COC)C(C(C)C)NC(=O)c2nc1sc2C. The zero-order valence-electron chi connectivity index (χ0n) is 44.4. The molecular formula is C53H55N13O9S6. The van der Waals surface area contributed by atoms with Crippen molar-refractivity contribution < 1.29 is 43.7 Å². The van der Waals surface area contributed by atoms with Gasteiger partial charge in [-0.25, -0.2) is 34.9 Å². The molecule has 6 amide bonds. The number of hydrogen-bond donors (Lipinski definition) is 8. The number of fused-ring (bicyclic) bond motifs is 14. The molecule has 1 aliphatic heterocycles. The molecule has 0 saturated carbocycles. The Morgan fingerprint density at radius 1 is 0.716 bits per heavy atom. The zero-order chi connectivity index (χ0) is 57.5. The van der Waals surface area contributed by atoms with Crippen molar-refractivity contribution in [1.82, 2.24) is 61.5 Å². The van der Waals surface area contributed by atoms with E-state index in [0.29, 0.717) is 92.4 Å². The van der Waals surface area contributed by atoms with E-state index >= 15 is 0 Å². The van der Waals surface area contributed by atoms with E-state index in [9.17, 15) is 39.0 Å². The third-order valence-electron chi connectivity index (χ3n) is 12.7. The molecule has 422 valence electrons. The van der Waals surface area contributed by atoms with Crippen molar-refractivity contribution in [3.63, 3.8) is 0 Å². The van der Waals surface area contributed by atoms with Gasteiger partial charge >= 0.3 is 0 Å². The van der Waals surface area contributed by atoms with Gasteiger partial charge in [0.1, 0.15) is 82.2 Å². The highest BCUT2D eigenvalue weighted by Crippen LogP contribution is 2.40. The number of carbonyl (C=O) groups is 6. The molecule has 9 rings (SSSR count). The van der Waals surface area contributed by atoms with Crippen molar-refractivity contribution >= 4 is 109 Å². The zero-order valence-corrected chi connectivity index (χ0v) is 49.3. The minimum Gasteiger partial charge on any atom is -0.396 e. The van der Waals surface area contributed by atoms with E-state index in [0.717, 1.165) is 11.3 Å². The first-order chi connectivity index (χ1) is 39.0. The fraction of sp³-hybridized carbons (Fsp3) is 0.340. The Morgan fingerprint density at radius 2 is 1.43 bits per heavy atom. The maximum absolute atomic E-state index is 14.3. The summed E-state index contributed by atoms with van der Waals surface area (Å²) in [5, 5.41) is 47.4. The van der Waals surface area contributed by atoms with Crippen LogP contribution in [-0.4, -0.2) is 108 Å². The standard InChI is InChI=1S/C53H55N13O9S6/c1-24(2)38-53-66-41(34(81-53)19-75-6)46(73)55-18-37(69)63-42(43(70)27-12-8-7-9-13-27)52-60-33(22-78-52)50-58-31(20-77-50)40-28(14-15-29(56-40)49-62-35(23-79-49)61-44(71)25(3)11-10-16-67)48-59-32(21-76-48)45(72)57-30(17-36(68)54-5)51-65-39(26(4)80-51)47(74)64-38/h7-9,12-15,20-25,30,38,42-43,67,70H,10-11,16-19H2,1-6H3,(H,54,68)(H,55,73)(H,57,72)(H,61,71)(H,63,69)(H,64,74)/t25-,30+,38?,42+,43+/m1/s1. The van der Waals surface area contributed by atoms with Crippen molar-refractivity contribution in [3.8, 4) is 43.4 Å². The monoisotopic (exact) mass is 1210 g/mol. The summed E-state index contributed by atoms with van der Waals surface area (Å²) < 4.78 is 5.45. The van der Waals surface area contributed by atoms with Crippen molar-refractivity contribution in [2.45, 2.75) is 77.8 Å². The van der Waals surface area contributed by atoms with Gasteiger partial charge in [0.2, 0.25) is 17.7 Å². The van der Waals surface area contributed by atoms with Crippen molar-refractivity contribution in [2.75, 3.05) is 32.6 Å². The van der Waals surface area contributed by atoms with Crippen LogP contribution in [-0.2, 0) is 25.7 Å². The summed E-state index contributed by atoms with van der Waals surface area (Å²) in [5.41, 5.74) is 2.82. The number of ether oxygens (including phenoxy) is 1. The number of aromatic nitrogens is 7. The topological polar surface area (TPSA) is 315 Å². The third-order valence-corrected chi connectivity index (χ3v) is 18.5. The highest BCUT2D eigenvalue weighted by molar-refractivity contribution is 7.15. The number of carbonyl (C=O) groups excluding carboxylic acids is 6. The lowest BCUT2D eigenvalue weighted by atomic mass is 10.0. The first-order valence-electron chi connectivity index (χ1n) is 25.4. The van der Waals surface area contributed by atoms with Crippen LogP contribution in [0.2, 0.25) is 0 Å².